The summed E-state index contributed by atoms with van der Waals surface area (Å²) < 4.78 is 0. The number of aryl methyl sites for hydroxylation is 4. The summed E-state index contributed by atoms with van der Waals surface area (Å²) in [5, 5.41) is 6.30. The van der Waals surface area contributed by atoms with E-state index in [2.05, 4.69) is 55.4 Å². The Morgan fingerprint density at radius 3 is 0.684 bits per heavy atom. The molecule has 0 atom stereocenters. The van der Waals surface area contributed by atoms with Crippen LogP contribution < -0.4 is 0 Å². The fraction of sp³-hybridized carbons (Fsp3) is 0.500. The van der Waals surface area contributed by atoms with Gasteiger partial charge in [-0.15, -0.1) is 16.4 Å². The van der Waals surface area contributed by atoms with E-state index in [1.807, 2.05) is 0 Å². The Kier molecular flexibility index (Phi) is 8.20. The second kappa shape index (κ2) is 8.02. The van der Waals surface area contributed by atoms with Gasteiger partial charge in [0.15, 0.2) is 0 Å². The molecule has 3 heteroatoms. The second-order valence-electron chi connectivity index (χ2n) is 5.25. The van der Waals surface area contributed by atoms with Crippen LogP contribution in [-0.2, 0) is 25.8 Å². The van der Waals surface area contributed by atoms with Crippen molar-refractivity contribution in [1.82, 2.24) is 0 Å². The van der Waals surface area contributed by atoms with Crippen LogP contribution in [0.15, 0.2) is 0 Å². The van der Waals surface area contributed by atoms with Crippen LogP contribution in [0.5, 0.6) is 0 Å². The summed E-state index contributed by atoms with van der Waals surface area (Å²) in [6, 6.07) is 0. The van der Waals surface area contributed by atoms with E-state index in [1.165, 1.54) is 22.3 Å². The maximum absolute atomic E-state index is 2.23. The Morgan fingerprint density at radius 1 is 0.474 bits per heavy atom. The number of hydrogen-bond donors (Lipinski definition) is 0. The third-order valence-corrected chi connectivity index (χ3v) is 7.12. The average Bonchev–Trinajstić information content (AvgIpc) is 2.66. The van der Waals surface area contributed by atoms with Crippen LogP contribution in [0.2, 0.25) is 0 Å². The predicted octanol–water partition coefficient (Wildman–Crippen LogP) is 6.01. The molecule has 0 nitrogen and oxygen atoms in total. The van der Waals surface area contributed by atoms with Gasteiger partial charge in [-0.1, -0.05) is 0 Å². The van der Waals surface area contributed by atoms with Gasteiger partial charge in [-0.3, -0.25) is 0 Å². The van der Waals surface area contributed by atoms with Gasteiger partial charge in [0, 0.05) is 25.8 Å². The molecule has 0 unspecified atom stereocenters. The topological polar surface area (TPSA) is 0 Å². The summed E-state index contributed by atoms with van der Waals surface area (Å²) in [5.74, 6) is 0. The van der Waals surface area contributed by atoms with E-state index in [4.69, 9.17) is 0 Å². The Hall–Kier alpha value is 0.430. The predicted molar refractivity (Wildman–Crippen MR) is 90.9 cm³/mol. The normalized spacial score (nSPS) is 9.68. The van der Waals surface area contributed by atoms with Crippen molar-refractivity contribution in [3.8, 4) is 0 Å². The minimum Gasteiger partial charge on any atom is -1.00 e. The van der Waals surface area contributed by atoms with E-state index in [0.717, 1.165) is 16.4 Å². The monoisotopic (exact) mass is 326 g/mol. The molecule has 0 bridgehead atoms. The number of rotatable bonds is 0. The average molecular weight is 326 g/mol. The van der Waals surface area contributed by atoms with E-state index < -0.39 is 0 Å². The van der Waals surface area contributed by atoms with E-state index in [-0.39, 0.29) is 27.3 Å². The first-order chi connectivity index (χ1) is 8.25. The first-order valence-electron chi connectivity index (χ1n) is 6.50. The van der Waals surface area contributed by atoms with Crippen molar-refractivity contribution in [3.63, 3.8) is 0 Å². The molecule has 0 N–H and O–H groups in total. The summed E-state index contributed by atoms with van der Waals surface area (Å²) in [4.78, 5) is 0. The smallest absolute Gasteiger partial charge is 0 e. The standard InChI is InChI=1S/2C8H13P.Sc.H/c2*1-5-6(2)8(4)9-7(5)3;;/h2*9H,1-4H3;;/q;;;-1. The van der Waals surface area contributed by atoms with E-state index in [9.17, 15) is 0 Å². The minimum atomic E-state index is 0. The van der Waals surface area contributed by atoms with E-state index >= 15 is 0 Å². The van der Waals surface area contributed by atoms with Crippen LogP contribution in [0.25, 0.3) is 0 Å². The summed E-state index contributed by atoms with van der Waals surface area (Å²) in [6.45, 7) is 17.8. The molecule has 0 aliphatic heterocycles. The quantitative estimate of drug-likeness (QED) is 0.556. The van der Waals surface area contributed by atoms with Crippen LogP contribution in [-0.4, -0.2) is 0 Å². The molecule has 0 saturated heterocycles. The van der Waals surface area contributed by atoms with Crippen molar-refractivity contribution in [2.75, 3.05) is 0 Å². The fourth-order valence-electron chi connectivity index (χ4n) is 2.06. The SMILES string of the molecule is Cc1[pH]c(C)c(C)c1C.Cc1[pH]c(C)c(C)c1C.[H-].[Sc]. The summed E-state index contributed by atoms with van der Waals surface area (Å²) >= 11 is 0. The molecule has 0 aromatic carbocycles. The van der Waals surface area contributed by atoms with Crippen molar-refractivity contribution in [1.29, 1.82) is 0 Å². The van der Waals surface area contributed by atoms with Gasteiger partial charge in [0.25, 0.3) is 0 Å². The Morgan fingerprint density at radius 2 is 0.632 bits per heavy atom. The molecule has 0 aliphatic rings. The Labute approximate surface area is 142 Å². The van der Waals surface area contributed by atoms with Crippen molar-refractivity contribution in [2.45, 2.75) is 55.4 Å². The van der Waals surface area contributed by atoms with Crippen LogP contribution >= 0.6 is 16.4 Å². The van der Waals surface area contributed by atoms with Crippen LogP contribution in [0.1, 0.15) is 44.9 Å². The van der Waals surface area contributed by atoms with Crippen molar-refractivity contribution < 1.29 is 27.3 Å². The van der Waals surface area contributed by atoms with E-state index in [1.54, 1.807) is 21.2 Å². The Balaban J connectivity index is 0. The summed E-state index contributed by atoms with van der Waals surface area (Å²) in [6.07, 6.45) is 0. The maximum atomic E-state index is 2.23. The molecule has 19 heavy (non-hydrogen) atoms. The molecule has 2 heterocycles. The van der Waals surface area contributed by atoms with Gasteiger partial charge < -0.3 is 1.43 Å². The third kappa shape index (κ3) is 4.73. The van der Waals surface area contributed by atoms with Gasteiger partial charge in [0.05, 0.1) is 0 Å². The van der Waals surface area contributed by atoms with Gasteiger partial charge in [-0.2, -0.15) is 0 Å². The molecule has 0 fully saturated rings. The third-order valence-electron chi connectivity index (χ3n) is 4.12. The van der Waals surface area contributed by atoms with E-state index in [0.29, 0.717) is 0 Å². The van der Waals surface area contributed by atoms with Gasteiger partial charge in [0.2, 0.25) is 0 Å². The fourth-order valence-corrected chi connectivity index (χ4v) is 4.69. The van der Waals surface area contributed by atoms with Gasteiger partial charge in [0.1, 0.15) is 0 Å². The maximum Gasteiger partial charge on any atom is 0 e. The van der Waals surface area contributed by atoms with Crippen molar-refractivity contribution >= 4 is 16.4 Å². The van der Waals surface area contributed by atoms with Crippen molar-refractivity contribution in [2.24, 2.45) is 0 Å². The molecule has 105 valence electrons. The van der Waals surface area contributed by atoms with Crippen LogP contribution in [0.4, 0.5) is 0 Å². The van der Waals surface area contributed by atoms with Gasteiger partial charge in [-0.25, -0.2) is 0 Å². The zero-order valence-electron chi connectivity index (χ0n) is 14.6. The number of hydrogen-bond acceptors (Lipinski definition) is 0. The molecule has 2 aromatic rings. The van der Waals surface area contributed by atoms with Crippen LogP contribution in [0.3, 0.4) is 0 Å². The molecular formula is C16H27P2Sc-. The molecule has 2 rings (SSSR count). The molecular weight excluding hydrogens is 299 g/mol. The molecule has 0 spiro atoms. The summed E-state index contributed by atoms with van der Waals surface area (Å²) in [5.41, 5.74) is 6.08. The molecule has 0 amide bonds. The first kappa shape index (κ1) is 19.4. The molecule has 1 radical (unpaired) electrons. The first-order valence-corrected chi connectivity index (χ1v) is 8.50. The zero-order valence-corrected chi connectivity index (χ0v) is 17.4. The molecule has 2 aromatic heterocycles. The minimum absolute atomic E-state index is 0. The summed E-state index contributed by atoms with van der Waals surface area (Å²) in [7, 11) is 1.95. The molecule has 0 aliphatic carbocycles. The van der Waals surface area contributed by atoms with Crippen LogP contribution in [0, 0.1) is 55.4 Å². The molecule has 0 saturated carbocycles. The zero-order chi connectivity index (χ0) is 14.0. The van der Waals surface area contributed by atoms with Crippen molar-refractivity contribution in [3.05, 3.63) is 43.4 Å². The second-order valence-corrected chi connectivity index (χ2v) is 8.75. The largest absolute Gasteiger partial charge is 1.00 e. The van der Waals surface area contributed by atoms with Gasteiger partial charge >= 0.3 is 0 Å². The van der Waals surface area contributed by atoms with Gasteiger partial charge in [-0.05, 0) is 98.8 Å². The Bertz CT molecular complexity index is 458.